The molecule has 0 amide bonds. The molecule has 0 fully saturated rings. The Morgan fingerprint density at radius 2 is 0.698 bits per heavy atom. The van der Waals surface area contributed by atoms with Crippen LogP contribution in [-0.2, 0) is 28.2 Å². The van der Waals surface area contributed by atoms with E-state index in [1.165, 1.54) is 168 Å². The molecule has 0 aliphatic heterocycles. The van der Waals surface area contributed by atoms with Crippen molar-refractivity contribution in [3.8, 4) is 11.6 Å². The topological polar surface area (TPSA) is 79.9 Å². The molecule has 13 aromatic rings. The molecule has 4 aromatic carbocycles. The van der Waals surface area contributed by atoms with Gasteiger partial charge in [0, 0.05) is 220 Å². The summed E-state index contributed by atoms with van der Waals surface area (Å²) in [6.45, 7) is 21.4. The molecular weight excluding hydrogens is 1300 g/mol. The molecule has 0 bridgehead atoms. The average molecular weight is 1410 g/mol. The maximum absolute atomic E-state index is 4.60. The van der Waals surface area contributed by atoms with Crippen LogP contribution in [0.25, 0.3) is 97.8 Å². The normalized spacial score (nSPS) is 12.3. The number of aromatic nitrogens is 9. The SMILES string of the molecule is CC1=CC(/C=C/c2ccc3cc(N(C)C)ccc3[n+]2C)=C(C)C1.Cc1cc(/C=C\c2ccc3cc(N(C)C)ccc3[n+]2C)c(C)[nH]1.Cc1cccnc1-n1c(C)cc(/C=C/c2ccc3cc(N(C)C)ccc3[n+]2C)c1C.Cc1cccnc1-n1c(C)cc(/C=C\c2ccc3cc(N(C)C)ccc3[n+]2C)c1C. The molecule has 0 saturated carbocycles. The van der Waals surface area contributed by atoms with Gasteiger partial charge in [0.15, 0.2) is 0 Å². The first kappa shape index (κ1) is 75.5. The van der Waals surface area contributed by atoms with Gasteiger partial charge < -0.3 is 33.7 Å². The molecule has 14 rings (SSSR count). The van der Waals surface area contributed by atoms with Crippen LogP contribution in [0.1, 0.15) is 105 Å². The summed E-state index contributed by atoms with van der Waals surface area (Å²) in [5.74, 6) is 2.00. The number of nitrogens with one attached hydrogen (secondary N) is 1. The van der Waals surface area contributed by atoms with E-state index in [2.05, 4.69) is 422 Å². The largest absolute Gasteiger partial charge is 0.378 e. The number of fused-ring (bicyclic) bond motifs is 4. The molecule has 540 valence electrons. The fourth-order valence-electron chi connectivity index (χ4n) is 14.2. The summed E-state index contributed by atoms with van der Waals surface area (Å²) < 4.78 is 13.4. The van der Waals surface area contributed by atoms with E-state index in [9.17, 15) is 0 Å². The quantitative estimate of drug-likeness (QED) is 0.109. The molecule has 9 heterocycles. The highest BCUT2D eigenvalue weighted by atomic mass is 15.1. The fraction of sp³-hybridized carbons (Fsp3) is 0.247. The number of hydrogen-bond donors (Lipinski definition) is 1. The van der Waals surface area contributed by atoms with E-state index in [0.29, 0.717) is 0 Å². The van der Waals surface area contributed by atoms with Crippen molar-refractivity contribution in [1.82, 2.24) is 24.1 Å². The minimum absolute atomic E-state index is 1.00. The van der Waals surface area contributed by atoms with Crippen molar-refractivity contribution < 1.29 is 18.3 Å². The number of rotatable bonds is 14. The number of nitrogens with zero attached hydrogens (tertiary/aromatic N) is 12. The van der Waals surface area contributed by atoms with Gasteiger partial charge in [0.2, 0.25) is 44.8 Å². The number of aryl methyl sites for hydroxylation is 10. The summed E-state index contributed by atoms with van der Waals surface area (Å²) in [4.78, 5) is 21.1. The Balaban J connectivity index is 0.000000142. The van der Waals surface area contributed by atoms with Crippen molar-refractivity contribution in [3.63, 3.8) is 0 Å². The highest BCUT2D eigenvalue weighted by molar-refractivity contribution is 5.85. The Kier molecular flexibility index (Phi) is 23.2. The summed E-state index contributed by atoms with van der Waals surface area (Å²) in [7, 11) is 25.1. The second-order valence-corrected chi connectivity index (χ2v) is 29.2. The van der Waals surface area contributed by atoms with Crippen molar-refractivity contribution in [2.24, 2.45) is 28.2 Å². The lowest BCUT2D eigenvalue weighted by Crippen LogP contribution is -2.32. The van der Waals surface area contributed by atoms with Crippen LogP contribution in [0.15, 0.2) is 205 Å². The summed E-state index contributed by atoms with van der Waals surface area (Å²) >= 11 is 0. The highest BCUT2D eigenvalue weighted by Gasteiger charge is 2.19. The predicted octanol–water partition coefficient (Wildman–Crippen LogP) is 18.3. The van der Waals surface area contributed by atoms with Gasteiger partial charge in [-0.25, -0.2) is 9.97 Å². The van der Waals surface area contributed by atoms with Gasteiger partial charge in [0.05, 0.1) is 0 Å². The van der Waals surface area contributed by atoms with Crippen molar-refractivity contribution in [2.45, 2.75) is 75.7 Å². The molecule has 1 N–H and O–H groups in total. The van der Waals surface area contributed by atoms with Crippen LogP contribution in [0, 0.1) is 55.4 Å². The average Bonchev–Trinajstić information content (AvgIpc) is 1.35. The maximum atomic E-state index is 4.60. The van der Waals surface area contributed by atoms with E-state index in [1.54, 1.807) is 0 Å². The van der Waals surface area contributed by atoms with Crippen LogP contribution in [0.3, 0.4) is 0 Å². The summed E-state index contributed by atoms with van der Waals surface area (Å²) in [6.07, 6.45) is 24.7. The lowest BCUT2D eigenvalue weighted by atomic mass is 10.1. The first-order valence-electron chi connectivity index (χ1n) is 36.5. The van der Waals surface area contributed by atoms with E-state index in [1.807, 2.05) is 24.5 Å². The lowest BCUT2D eigenvalue weighted by Gasteiger charge is -2.12. The standard InChI is InChI=1S/2C26H29N4.C21H25N2.C20H23N3/c2*1-18-8-7-15-27-26(18)30-19(2)16-21(20(30)3)9-11-23-12-10-22-17-24(28(4)5)13-14-25(22)29(23)6;1-15-12-16(2)17(13-15)6-8-19-9-7-18-14-20(22(3)4)10-11-21(18)23(19)5;1-14-12-16(15(2)21-14)6-8-18-9-7-17-13-19(22(3)4)10-11-20(17)23(18)5/h2*7-17H,1-6H3;6-11,13-14H,12H2,1-5H3;6-13H,1-5H3/q3*+1;/p+1/b;;8-6+;. The number of hydrogen-bond acceptors (Lipinski definition) is 6. The van der Waals surface area contributed by atoms with Crippen LogP contribution in [0.2, 0.25) is 0 Å². The number of aromatic amines is 1. The molecule has 0 atom stereocenters. The van der Waals surface area contributed by atoms with Crippen molar-refractivity contribution in [2.75, 3.05) is 76.0 Å². The maximum Gasteiger partial charge on any atom is 0.212 e. The molecule has 13 heteroatoms. The Morgan fingerprint density at radius 3 is 0.991 bits per heavy atom. The minimum atomic E-state index is 1.00. The van der Waals surface area contributed by atoms with Crippen molar-refractivity contribution in [1.29, 1.82) is 0 Å². The molecule has 0 radical (unpaired) electrons. The molecule has 13 nitrogen and oxygen atoms in total. The molecule has 106 heavy (non-hydrogen) atoms. The molecule has 1 aliphatic rings. The summed E-state index contributed by atoms with van der Waals surface area (Å²) in [5.41, 5.74) is 32.0. The van der Waals surface area contributed by atoms with E-state index in [4.69, 9.17) is 0 Å². The van der Waals surface area contributed by atoms with E-state index < -0.39 is 0 Å². The number of anilines is 4. The lowest BCUT2D eigenvalue weighted by molar-refractivity contribution is -0.646. The van der Waals surface area contributed by atoms with Gasteiger partial charge in [-0.1, -0.05) is 29.4 Å². The van der Waals surface area contributed by atoms with E-state index in [0.717, 1.165) is 18.1 Å². The molecule has 0 saturated heterocycles. The van der Waals surface area contributed by atoms with Crippen LogP contribution < -0.4 is 37.9 Å². The molecule has 0 unspecified atom stereocenters. The first-order chi connectivity index (χ1) is 50.6. The second kappa shape index (κ2) is 32.5. The molecular formula is C93H107N13+4. The van der Waals surface area contributed by atoms with Gasteiger partial charge in [0.1, 0.15) is 39.8 Å². The molecule has 1 aliphatic carbocycles. The molecule has 9 aromatic heterocycles. The zero-order valence-electron chi connectivity index (χ0n) is 66.5. The number of pyridine rings is 6. The fourth-order valence-corrected chi connectivity index (χ4v) is 14.2. The highest BCUT2D eigenvalue weighted by Crippen LogP contribution is 2.30. The first-order valence-corrected chi connectivity index (χ1v) is 36.5. The third-order valence-electron chi connectivity index (χ3n) is 20.5. The van der Waals surface area contributed by atoms with Gasteiger partial charge >= 0.3 is 0 Å². The second-order valence-electron chi connectivity index (χ2n) is 29.2. The predicted molar refractivity (Wildman–Crippen MR) is 451 cm³/mol. The Hall–Kier alpha value is -11.7. The number of H-pyrrole nitrogens is 1. The Labute approximate surface area is 629 Å². The van der Waals surface area contributed by atoms with Crippen LogP contribution >= 0.6 is 0 Å². The van der Waals surface area contributed by atoms with Gasteiger partial charge in [-0.3, -0.25) is 0 Å². The monoisotopic (exact) mass is 1410 g/mol. The smallest absolute Gasteiger partial charge is 0.212 e. The third kappa shape index (κ3) is 16.8. The van der Waals surface area contributed by atoms with Crippen molar-refractivity contribution >= 4 is 109 Å². The van der Waals surface area contributed by atoms with Gasteiger partial charge in [-0.15, -0.1) is 0 Å². The number of allylic oxidation sites excluding steroid dienone is 5. The van der Waals surface area contributed by atoms with Crippen LogP contribution in [0.5, 0.6) is 0 Å². The number of benzene rings is 4. The van der Waals surface area contributed by atoms with Crippen molar-refractivity contribution in [3.05, 3.63) is 290 Å². The molecule has 0 spiro atoms. The summed E-state index contributed by atoms with van der Waals surface area (Å²) in [5, 5.41) is 5.00. The zero-order valence-corrected chi connectivity index (χ0v) is 66.5. The van der Waals surface area contributed by atoms with Crippen LogP contribution in [0.4, 0.5) is 22.7 Å². The van der Waals surface area contributed by atoms with E-state index in [-0.39, 0.29) is 0 Å². The Bertz CT molecular complexity index is 5440. The summed E-state index contributed by atoms with van der Waals surface area (Å²) in [6, 6.07) is 58.7. The zero-order chi connectivity index (χ0) is 75.9. The van der Waals surface area contributed by atoms with Gasteiger partial charge in [-0.05, 0) is 236 Å². The Morgan fingerprint density at radius 1 is 0.368 bits per heavy atom. The van der Waals surface area contributed by atoms with Gasteiger partial charge in [0.25, 0.3) is 0 Å². The minimum Gasteiger partial charge on any atom is -0.378 e. The van der Waals surface area contributed by atoms with Crippen LogP contribution in [-0.4, -0.2) is 80.5 Å². The van der Waals surface area contributed by atoms with E-state index >= 15 is 0 Å². The third-order valence-corrected chi connectivity index (χ3v) is 20.5. The van der Waals surface area contributed by atoms with Gasteiger partial charge in [-0.2, -0.15) is 18.3 Å².